The first kappa shape index (κ1) is 15.9. The molecule has 0 saturated carbocycles. The Balaban J connectivity index is 4.70. The van der Waals surface area contributed by atoms with Crippen molar-refractivity contribution in [2.75, 3.05) is 0 Å². The molecule has 0 unspecified atom stereocenters. The fourth-order valence-electron chi connectivity index (χ4n) is 0.788. The second-order valence-electron chi connectivity index (χ2n) is 4.77. The van der Waals surface area contributed by atoms with Gasteiger partial charge < -0.3 is 20.8 Å². The SMILES string of the molecule is CC(C)(NC(=O)C(=O)NC(C)(C)C(=O)O)C(=O)O. The number of carboxylic acids is 2. The lowest BCUT2D eigenvalue weighted by atomic mass is 10.1. The number of rotatable bonds is 4. The van der Waals surface area contributed by atoms with Gasteiger partial charge in [-0.1, -0.05) is 0 Å². The number of carbonyl (C=O) groups is 4. The molecular formula is C10H16N2O6. The summed E-state index contributed by atoms with van der Waals surface area (Å²) in [6, 6.07) is 0. The summed E-state index contributed by atoms with van der Waals surface area (Å²) >= 11 is 0. The van der Waals surface area contributed by atoms with Crippen LogP contribution in [0.2, 0.25) is 0 Å². The topological polar surface area (TPSA) is 133 Å². The molecule has 0 aromatic heterocycles. The Kier molecular flexibility index (Phi) is 4.43. The zero-order valence-corrected chi connectivity index (χ0v) is 10.5. The van der Waals surface area contributed by atoms with Crippen LogP contribution in [0.4, 0.5) is 0 Å². The molecule has 0 heterocycles. The van der Waals surface area contributed by atoms with Gasteiger partial charge in [0, 0.05) is 0 Å². The van der Waals surface area contributed by atoms with E-state index in [4.69, 9.17) is 10.2 Å². The third-order valence-corrected chi connectivity index (χ3v) is 2.13. The van der Waals surface area contributed by atoms with Crippen molar-refractivity contribution >= 4 is 23.8 Å². The highest BCUT2D eigenvalue weighted by Crippen LogP contribution is 2.04. The molecule has 2 amide bonds. The van der Waals surface area contributed by atoms with E-state index in [0.29, 0.717) is 0 Å². The number of carboxylic acid groups (broad SMARTS) is 2. The molecule has 0 aliphatic rings. The van der Waals surface area contributed by atoms with Crippen LogP contribution in [0.5, 0.6) is 0 Å². The van der Waals surface area contributed by atoms with Gasteiger partial charge in [-0.15, -0.1) is 0 Å². The van der Waals surface area contributed by atoms with Gasteiger partial charge in [0.25, 0.3) is 0 Å². The van der Waals surface area contributed by atoms with Crippen LogP contribution in [-0.2, 0) is 19.2 Å². The lowest BCUT2D eigenvalue weighted by molar-refractivity contribution is -0.151. The highest BCUT2D eigenvalue weighted by atomic mass is 16.4. The van der Waals surface area contributed by atoms with E-state index in [-0.39, 0.29) is 0 Å². The molecule has 0 aliphatic heterocycles. The summed E-state index contributed by atoms with van der Waals surface area (Å²) in [5.74, 6) is -5.06. The monoisotopic (exact) mass is 260 g/mol. The predicted molar refractivity (Wildman–Crippen MR) is 59.7 cm³/mol. The molecule has 0 rings (SSSR count). The third-order valence-electron chi connectivity index (χ3n) is 2.13. The molecule has 102 valence electrons. The molecule has 0 spiro atoms. The van der Waals surface area contributed by atoms with Crippen LogP contribution in [-0.4, -0.2) is 45.0 Å². The van der Waals surface area contributed by atoms with Gasteiger partial charge in [-0.2, -0.15) is 0 Å². The van der Waals surface area contributed by atoms with E-state index < -0.39 is 34.8 Å². The zero-order valence-electron chi connectivity index (χ0n) is 10.5. The summed E-state index contributed by atoms with van der Waals surface area (Å²) in [5.41, 5.74) is -3.25. The van der Waals surface area contributed by atoms with Crippen LogP contribution in [0, 0.1) is 0 Å². The fraction of sp³-hybridized carbons (Fsp3) is 0.600. The number of nitrogens with one attached hydrogen (secondary N) is 2. The van der Waals surface area contributed by atoms with Crippen molar-refractivity contribution in [2.45, 2.75) is 38.8 Å². The van der Waals surface area contributed by atoms with Crippen molar-refractivity contribution in [3.63, 3.8) is 0 Å². The first-order valence-corrected chi connectivity index (χ1v) is 5.01. The van der Waals surface area contributed by atoms with Crippen molar-refractivity contribution in [3.8, 4) is 0 Å². The number of amides is 2. The van der Waals surface area contributed by atoms with E-state index >= 15 is 0 Å². The van der Waals surface area contributed by atoms with Crippen molar-refractivity contribution in [3.05, 3.63) is 0 Å². The van der Waals surface area contributed by atoms with Crippen LogP contribution < -0.4 is 10.6 Å². The summed E-state index contributed by atoms with van der Waals surface area (Å²) in [5, 5.41) is 21.5. The summed E-state index contributed by atoms with van der Waals surface area (Å²) in [7, 11) is 0. The molecule has 0 radical (unpaired) electrons. The molecule has 8 heteroatoms. The van der Waals surface area contributed by atoms with Crippen molar-refractivity contribution in [1.29, 1.82) is 0 Å². The Bertz CT molecular complexity index is 361. The van der Waals surface area contributed by atoms with Crippen LogP contribution in [0.15, 0.2) is 0 Å². The Hall–Kier alpha value is -2.12. The summed E-state index contributed by atoms with van der Waals surface area (Å²) in [6.07, 6.45) is 0. The zero-order chi connectivity index (χ0) is 14.7. The van der Waals surface area contributed by atoms with Gasteiger partial charge in [0.05, 0.1) is 0 Å². The molecule has 0 saturated heterocycles. The van der Waals surface area contributed by atoms with E-state index in [1.165, 1.54) is 27.7 Å². The minimum Gasteiger partial charge on any atom is -0.480 e. The summed E-state index contributed by atoms with van der Waals surface area (Å²) in [4.78, 5) is 44.2. The maximum absolute atomic E-state index is 11.4. The Labute approximate surface area is 103 Å². The molecule has 0 fully saturated rings. The maximum Gasteiger partial charge on any atom is 0.328 e. The number of hydrogen-bond donors (Lipinski definition) is 4. The van der Waals surface area contributed by atoms with Crippen LogP contribution in [0.25, 0.3) is 0 Å². The quantitative estimate of drug-likeness (QED) is 0.476. The Morgan fingerprint density at radius 2 is 0.944 bits per heavy atom. The van der Waals surface area contributed by atoms with Gasteiger partial charge in [0.2, 0.25) is 0 Å². The largest absolute Gasteiger partial charge is 0.480 e. The average molecular weight is 260 g/mol. The predicted octanol–water partition coefficient (Wildman–Crippen LogP) is -1.05. The second kappa shape index (κ2) is 5.03. The molecule has 4 N–H and O–H groups in total. The van der Waals surface area contributed by atoms with Gasteiger partial charge in [-0.25, -0.2) is 9.59 Å². The fourth-order valence-corrected chi connectivity index (χ4v) is 0.788. The summed E-state index contributed by atoms with van der Waals surface area (Å²) in [6.45, 7) is 4.79. The molecule has 8 nitrogen and oxygen atoms in total. The molecule has 0 atom stereocenters. The first-order chi connectivity index (χ1) is 7.90. The second-order valence-corrected chi connectivity index (χ2v) is 4.77. The minimum absolute atomic E-state index is 1.20. The molecule has 0 aliphatic carbocycles. The van der Waals surface area contributed by atoms with Gasteiger partial charge in [0.15, 0.2) is 0 Å². The first-order valence-electron chi connectivity index (χ1n) is 5.01. The minimum atomic E-state index is -1.62. The Morgan fingerprint density at radius 3 is 1.11 bits per heavy atom. The Morgan fingerprint density at radius 1 is 0.722 bits per heavy atom. The van der Waals surface area contributed by atoms with Crippen LogP contribution in [0.3, 0.4) is 0 Å². The van der Waals surface area contributed by atoms with Crippen molar-refractivity contribution in [1.82, 2.24) is 10.6 Å². The van der Waals surface area contributed by atoms with Crippen molar-refractivity contribution in [2.24, 2.45) is 0 Å². The van der Waals surface area contributed by atoms with Crippen LogP contribution in [0.1, 0.15) is 27.7 Å². The third kappa shape index (κ3) is 4.04. The van der Waals surface area contributed by atoms with E-state index in [0.717, 1.165) is 0 Å². The standard InChI is InChI=1S/C10H16N2O6/c1-9(2,7(15)16)11-5(13)6(14)12-10(3,4)8(17)18/h1-4H3,(H,11,13)(H,12,14)(H,15,16)(H,17,18). The molecule has 0 bridgehead atoms. The van der Waals surface area contributed by atoms with E-state index in [2.05, 4.69) is 0 Å². The van der Waals surface area contributed by atoms with Crippen LogP contribution >= 0.6 is 0 Å². The van der Waals surface area contributed by atoms with Gasteiger partial charge in [-0.05, 0) is 27.7 Å². The van der Waals surface area contributed by atoms with Crippen molar-refractivity contribution < 1.29 is 29.4 Å². The molecular weight excluding hydrogens is 244 g/mol. The lowest BCUT2D eigenvalue weighted by Gasteiger charge is -2.23. The van der Waals surface area contributed by atoms with E-state index in [9.17, 15) is 19.2 Å². The van der Waals surface area contributed by atoms with E-state index in [1.807, 2.05) is 10.6 Å². The average Bonchev–Trinajstić information content (AvgIpc) is 2.15. The van der Waals surface area contributed by atoms with Gasteiger partial charge >= 0.3 is 23.8 Å². The number of carbonyl (C=O) groups excluding carboxylic acids is 2. The maximum atomic E-state index is 11.4. The number of aliphatic carboxylic acids is 2. The lowest BCUT2D eigenvalue weighted by Crippen LogP contribution is -2.58. The molecule has 0 aromatic rings. The molecule has 0 aromatic carbocycles. The highest BCUT2D eigenvalue weighted by Gasteiger charge is 2.35. The molecule has 18 heavy (non-hydrogen) atoms. The normalized spacial score (nSPS) is 11.6. The number of hydrogen-bond acceptors (Lipinski definition) is 4. The van der Waals surface area contributed by atoms with E-state index in [1.54, 1.807) is 0 Å². The smallest absolute Gasteiger partial charge is 0.328 e. The van der Waals surface area contributed by atoms with Gasteiger partial charge in [0.1, 0.15) is 11.1 Å². The summed E-state index contributed by atoms with van der Waals surface area (Å²) < 4.78 is 0. The highest BCUT2D eigenvalue weighted by molar-refractivity contribution is 6.36. The van der Waals surface area contributed by atoms with Gasteiger partial charge in [-0.3, -0.25) is 9.59 Å².